The maximum Gasteiger partial charge on any atom is 0.510 e. The second-order valence-corrected chi connectivity index (χ2v) is 13.0. The Morgan fingerprint density at radius 2 is 1.35 bits per heavy atom. The molecule has 3 aromatic carbocycles. The van der Waals surface area contributed by atoms with Gasteiger partial charge in [0, 0.05) is 32.7 Å². The minimum Gasteiger partial charge on any atom is -0.434 e. The molecule has 0 atom stereocenters. The fourth-order valence-electron chi connectivity index (χ4n) is 6.58. The Hall–Kier alpha value is -4.04. The summed E-state index contributed by atoms with van der Waals surface area (Å²) >= 11 is 0. The van der Waals surface area contributed by atoms with Crippen LogP contribution in [0.25, 0.3) is 22.2 Å². The maximum absolute atomic E-state index is 12.8. The van der Waals surface area contributed by atoms with Crippen molar-refractivity contribution in [1.29, 1.82) is 0 Å². The van der Waals surface area contributed by atoms with Gasteiger partial charge in [0.2, 0.25) is 0 Å². The molecule has 0 aliphatic carbocycles. The molecule has 2 heterocycles. The highest BCUT2D eigenvalue weighted by Crippen LogP contribution is 2.28. The zero-order chi connectivity index (χ0) is 33.4. The van der Waals surface area contributed by atoms with E-state index in [1.165, 1.54) is 79.0 Å². The summed E-state index contributed by atoms with van der Waals surface area (Å²) in [6.45, 7) is 6.63. The zero-order valence-electron chi connectivity index (χ0n) is 28.7. The number of benzene rings is 3. The number of carbonyl (C=O) groups excluding carboxylic acids is 1. The highest BCUT2D eigenvalue weighted by Gasteiger charge is 2.22. The molecule has 0 bridgehead atoms. The van der Waals surface area contributed by atoms with Crippen LogP contribution in [0.1, 0.15) is 89.5 Å². The van der Waals surface area contributed by atoms with Crippen LogP contribution in [-0.4, -0.2) is 48.4 Å². The van der Waals surface area contributed by atoms with Crippen LogP contribution in [0, 0.1) is 0 Å². The molecular weight excluding hydrogens is 602 g/mol. The highest BCUT2D eigenvalue weighted by atomic mass is 16.7. The fraction of sp³-hybridized carbons (Fsp3) is 0.500. The number of anilines is 1. The van der Waals surface area contributed by atoms with Crippen molar-refractivity contribution in [2.75, 3.05) is 37.7 Å². The average molecular weight is 656 g/mol. The molecular formula is C40H53N3O5. The van der Waals surface area contributed by atoms with Crippen LogP contribution in [0.5, 0.6) is 0 Å². The van der Waals surface area contributed by atoms with E-state index in [0.717, 1.165) is 57.7 Å². The van der Waals surface area contributed by atoms with Gasteiger partial charge in [-0.15, -0.1) is 0 Å². The first kappa shape index (κ1) is 35.3. The average Bonchev–Trinajstić information content (AvgIpc) is 3.45. The lowest BCUT2D eigenvalue weighted by molar-refractivity contribution is 0.0322. The Bertz CT molecular complexity index is 1590. The van der Waals surface area contributed by atoms with Crippen LogP contribution < -0.4 is 10.7 Å². The second-order valence-electron chi connectivity index (χ2n) is 13.0. The van der Waals surface area contributed by atoms with Gasteiger partial charge < -0.3 is 18.8 Å². The fourth-order valence-corrected chi connectivity index (χ4v) is 6.58. The number of hydrogen-bond donors (Lipinski definition) is 0. The number of aromatic nitrogens is 1. The molecule has 1 aromatic heterocycles. The maximum atomic E-state index is 12.8. The summed E-state index contributed by atoms with van der Waals surface area (Å²) < 4.78 is 17.6. The van der Waals surface area contributed by atoms with E-state index in [4.69, 9.17) is 13.9 Å². The van der Waals surface area contributed by atoms with Gasteiger partial charge in [0.15, 0.2) is 12.3 Å². The molecule has 4 aromatic rings. The number of unbranched alkanes of at least 4 members (excludes halogenated alkanes) is 11. The van der Waals surface area contributed by atoms with Gasteiger partial charge >= 0.3 is 11.9 Å². The van der Waals surface area contributed by atoms with Crippen molar-refractivity contribution >= 4 is 22.9 Å². The van der Waals surface area contributed by atoms with Crippen molar-refractivity contribution in [3.05, 3.63) is 88.9 Å². The van der Waals surface area contributed by atoms with Gasteiger partial charge in [-0.05, 0) is 41.3 Å². The SMILES string of the molecule is CCCCCCCCCCCCCCOC(=O)OCn1c(=O)oc2c(N3CCN(Cc4cccc(-c5ccccc5)c4)CC3)cccc21. The number of para-hydroxylation sites is 1. The minimum atomic E-state index is -0.763. The number of nitrogens with zero attached hydrogens (tertiary/aromatic N) is 3. The van der Waals surface area contributed by atoms with Crippen molar-refractivity contribution in [3.63, 3.8) is 0 Å². The lowest BCUT2D eigenvalue weighted by Gasteiger charge is -2.36. The van der Waals surface area contributed by atoms with E-state index in [9.17, 15) is 9.59 Å². The summed E-state index contributed by atoms with van der Waals surface area (Å²) in [6.07, 6.45) is 14.2. The normalized spacial score (nSPS) is 13.6. The molecule has 0 saturated carbocycles. The van der Waals surface area contributed by atoms with Crippen molar-refractivity contribution in [2.45, 2.75) is 97.2 Å². The summed E-state index contributed by atoms with van der Waals surface area (Å²) in [5.41, 5.74) is 5.75. The summed E-state index contributed by atoms with van der Waals surface area (Å²) in [5.74, 6) is -0.553. The first-order valence-electron chi connectivity index (χ1n) is 18.2. The molecule has 8 heteroatoms. The number of rotatable bonds is 19. The van der Waals surface area contributed by atoms with E-state index in [1.54, 1.807) is 0 Å². The quantitative estimate of drug-likeness (QED) is 0.0736. The van der Waals surface area contributed by atoms with Crippen LogP contribution in [-0.2, 0) is 22.7 Å². The molecule has 1 fully saturated rings. The van der Waals surface area contributed by atoms with Crippen LogP contribution in [0.15, 0.2) is 82.0 Å². The summed E-state index contributed by atoms with van der Waals surface area (Å²) in [4.78, 5) is 29.8. The molecule has 0 N–H and O–H groups in total. The lowest BCUT2D eigenvalue weighted by atomic mass is 10.0. The van der Waals surface area contributed by atoms with Crippen LogP contribution in [0.2, 0.25) is 0 Å². The largest absolute Gasteiger partial charge is 0.510 e. The minimum absolute atomic E-state index is 0.248. The number of oxazole rings is 1. The van der Waals surface area contributed by atoms with Crippen molar-refractivity contribution in [2.24, 2.45) is 0 Å². The summed E-state index contributed by atoms with van der Waals surface area (Å²) in [7, 11) is 0. The Labute approximate surface area is 285 Å². The molecule has 48 heavy (non-hydrogen) atoms. The van der Waals surface area contributed by atoms with Crippen LogP contribution in [0.3, 0.4) is 0 Å². The Kier molecular flexibility index (Phi) is 14.0. The predicted molar refractivity (Wildman–Crippen MR) is 193 cm³/mol. The monoisotopic (exact) mass is 655 g/mol. The van der Waals surface area contributed by atoms with E-state index in [-0.39, 0.29) is 6.73 Å². The van der Waals surface area contributed by atoms with Crippen molar-refractivity contribution in [3.8, 4) is 11.1 Å². The van der Waals surface area contributed by atoms with Gasteiger partial charge in [-0.25, -0.2) is 14.2 Å². The first-order valence-corrected chi connectivity index (χ1v) is 18.2. The van der Waals surface area contributed by atoms with Gasteiger partial charge in [0.1, 0.15) is 0 Å². The molecule has 0 unspecified atom stereocenters. The molecule has 0 amide bonds. The van der Waals surface area contributed by atoms with Gasteiger partial charge in [0.05, 0.1) is 17.8 Å². The number of ether oxygens (including phenoxy) is 2. The molecule has 1 aliphatic heterocycles. The van der Waals surface area contributed by atoms with Gasteiger partial charge in [-0.1, -0.05) is 132 Å². The molecule has 1 aliphatic rings. The van der Waals surface area contributed by atoms with Crippen LogP contribution >= 0.6 is 0 Å². The van der Waals surface area contributed by atoms with Crippen molar-refractivity contribution < 1.29 is 18.7 Å². The number of carbonyl (C=O) groups is 1. The summed E-state index contributed by atoms with van der Waals surface area (Å²) in [5, 5.41) is 0. The number of hydrogen-bond acceptors (Lipinski definition) is 7. The van der Waals surface area contributed by atoms with E-state index in [1.807, 2.05) is 24.3 Å². The van der Waals surface area contributed by atoms with Gasteiger partial charge in [-0.2, -0.15) is 0 Å². The topological polar surface area (TPSA) is 77.1 Å². The van der Waals surface area contributed by atoms with E-state index < -0.39 is 11.9 Å². The molecule has 0 radical (unpaired) electrons. The third kappa shape index (κ3) is 10.5. The van der Waals surface area contributed by atoms with E-state index in [2.05, 4.69) is 65.3 Å². The molecule has 8 nitrogen and oxygen atoms in total. The molecule has 258 valence electrons. The van der Waals surface area contributed by atoms with Gasteiger partial charge in [-0.3, -0.25) is 4.90 Å². The highest BCUT2D eigenvalue weighted by molar-refractivity contribution is 5.87. The Morgan fingerprint density at radius 3 is 2.06 bits per heavy atom. The zero-order valence-corrected chi connectivity index (χ0v) is 28.7. The lowest BCUT2D eigenvalue weighted by Crippen LogP contribution is -2.46. The standard InChI is InChI=1S/C40H53N3O5/c1-2-3-4-5-6-7-8-9-10-11-12-16-29-46-40(45)47-32-43-37-24-18-23-36(38(37)48-39(43)44)42-27-25-41(26-28-42)31-33-19-17-22-35(30-33)34-20-14-13-15-21-34/h13-15,17-24,30H,2-12,16,25-29,31-32H2,1H3. The first-order chi connectivity index (χ1) is 23.6. The van der Waals surface area contributed by atoms with E-state index in [0.29, 0.717) is 17.7 Å². The Balaban J connectivity index is 1.02. The van der Waals surface area contributed by atoms with Crippen molar-refractivity contribution in [1.82, 2.24) is 9.47 Å². The number of piperazine rings is 1. The summed E-state index contributed by atoms with van der Waals surface area (Å²) in [6, 6.07) is 24.9. The smallest absolute Gasteiger partial charge is 0.434 e. The second kappa shape index (κ2) is 19.1. The predicted octanol–water partition coefficient (Wildman–Crippen LogP) is 9.40. The molecule has 5 rings (SSSR count). The molecule has 1 saturated heterocycles. The molecule has 0 spiro atoms. The van der Waals surface area contributed by atoms with Crippen LogP contribution in [0.4, 0.5) is 10.5 Å². The Morgan fingerprint density at radius 1 is 0.708 bits per heavy atom. The van der Waals surface area contributed by atoms with Gasteiger partial charge in [0.25, 0.3) is 0 Å². The number of fused-ring (bicyclic) bond motifs is 1. The third-order valence-electron chi connectivity index (χ3n) is 9.36. The van der Waals surface area contributed by atoms with E-state index >= 15 is 0 Å². The third-order valence-corrected chi connectivity index (χ3v) is 9.36.